The number of carbonyl (C=O) groups is 1. The zero-order valence-corrected chi connectivity index (χ0v) is 10.6. The van der Waals surface area contributed by atoms with Crippen molar-refractivity contribution in [2.24, 2.45) is 5.73 Å². The maximum Gasteiger partial charge on any atom is 0.163 e. The minimum Gasteiger partial charge on any atom is -0.486 e. The van der Waals surface area contributed by atoms with Gasteiger partial charge in [-0.3, -0.25) is 4.79 Å². The minimum absolute atomic E-state index is 0.132. The summed E-state index contributed by atoms with van der Waals surface area (Å²) in [5.74, 6) is 1.51. The van der Waals surface area contributed by atoms with Gasteiger partial charge in [0.1, 0.15) is 13.2 Å². The van der Waals surface area contributed by atoms with Gasteiger partial charge in [0.05, 0.1) is 0 Å². The highest BCUT2D eigenvalue weighted by Crippen LogP contribution is 2.31. The highest BCUT2D eigenvalue weighted by Gasteiger charge is 2.14. The quantitative estimate of drug-likeness (QED) is 0.812. The molecule has 0 amide bonds. The highest BCUT2D eigenvalue weighted by molar-refractivity contribution is 5.96. The molecule has 2 rings (SSSR count). The number of hydrogen-bond donors (Lipinski definition) is 1. The maximum atomic E-state index is 12.0. The van der Waals surface area contributed by atoms with Gasteiger partial charge in [-0.05, 0) is 38.0 Å². The van der Waals surface area contributed by atoms with Crippen molar-refractivity contribution in [1.29, 1.82) is 0 Å². The Morgan fingerprint density at radius 3 is 2.78 bits per heavy atom. The summed E-state index contributed by atoms with van der Waals surface area (Å²) >= 11 is 0. The summed E-state index contributed by atoms with van der Waals surface area (Å²) in [5, 5.41) is 0. The smallest absolute Gasteiger partial charge is 0.163 e. The van der Waals surface area contributed by atoms with Crippen LogP contribution in [-0.2, 0) is 0 Å². The predicted molar refractivity (Wildman–Crippen MR) is 69.3 cm³/mol. The van der Waals surface area contributed by atoms with E-state index >= 15 is 0 Å². The maximum absolute atomic E-state index is 12.0. The molecule has 0 spiro atoms. The molecular weight excluding hydrogens is 230 g/mol. The number of nitrogens with two attached hydrogens (primary N) is 1. The van der Waals surface area contributed by atoms with Gasteiger partial charge in [-0.1, -0.05) is 0 Å². The van der Waals surface area contributed by atoms with Crippen molar-refractivity contribution in [3.63, 3.8) is 0 Å². The van der Waals surface area contributed by atoms with Gasteiger partial charge in [0.2, 0.25) is 0 Å². The summed E-state index contributed by atoms with van der Waals surface area (Å²) in [4.78, 5) is 12.0. The Labute approximate surface area is 107 Å². The van der Waals surface area contributed by atoms with Gasteiger partial charge in [0, 0.05) is 18.0 Å². The van der Waals surface area contributed by atoms with E-state index in [9.17, 15) is 4.79 Å². The van der Waals surface area contributed by atoms with Crippen molar-refractivity contribution in [2.75, 3.05) is 13.2 Å². The average molecular weight is 249 g/mol. The van der Waals surface area contributed by atoms with E-state index in [-0.39, 0.29) is 11.8 Å². The second-order valence-electron chi connectivity index (χ2n) is 4.65. The Hall–Kier alpha value is -1.55. The Bertz CT molecular complexity index is 429. The van der Waals surface area contributed by atoms with Crippen molar-refractivity contribution >= 4 is 5.78 Å². The van der Waals surface area contributed by atoms with Crippen LogP contribution in [0.5, 0.6) is 11.5 Å². The molecule has 1 aliphatic heterocycles. The van der Waals surface area contributed by atoms with Gasteiger partial charge in [-0.15, -0.1) is 0 Å². The molecule has 1 aromatic rings. The first-order chi connectivity index (χ1) is 8.66. The third-order valence-electron chi connectivity index (χ3n) is 2.93. The zero-order valence-electron chi connectivity index (χ0n) is 10.6. The molecular formula is C14H19NO3. The zero-order chi connectivity index (χ0) is 13.0. The van der Waals surface area contributed by atoms with Crippen molar-refractivity contribution in [1.82, 2.24) is 0 Å². The van der Waals surface area contributed by atoms with Crippen LogP contribution in [0.25, 0.3) is 0 Å². The molecule has 0 aliphatic carbocycles. The SMILES string of the molecule is CC(N)CCCC(=O)c1ccc2c(c1)OCCO2. The Balaban J connectivity index is 1.98. The number of ketones is 1. The molecule has 2 N–H and O–H groups in total. The van der Waals surface area contributed by atoms with E-state index in [4.69, 9.17) is 15.2 Å². The molecule has 98 valence electrons. The number of rotatable bonds is 5. The number of fused-ring (bicyclic) bond motifs is 1. The summed E-state index contributed by atoms with van der Waals surface area (Å²) in [6.07, 6.45) is 2.22. The molecule has 1 aromatic carbocycles. The fourth-order valence-electron chi connectivity index (χ4n) is 1.95. The van der Waals surface area contributed by atoms with E-state index < -0.39 is 0 Å². The van der Waals surface area contributed by atoms with Gasteiger partial charge in [0.15, 0.2) is 17.3 Å². The third-order valence-corrected chi connectivity index (χ3v) is 2.93. The molecule has 18 heavy (non-hydrogen) atoms. The molecule has 4 nitrogen and oxygen atoms in total. The van der Waals surface area contributed by atoms with Crippen LogP contribution in [0.15, 0.2) is 18.2 Å². The van der Waals surface area contributed by atoms with E-state index in [1.165, 1.54) is 0 Å². The van der Waals surface area contributed by atoms with Crippen LogP contribution in [0.2, 0.25) is 0 Å². The molecule has 0 bridgehead atoms. The third kappa shape index (κ3) is 3.23. The van der Waals surface area contributed by atoms with Gasteiger partial charge < -0.3 is 15.2 Å². The van der Waals surface area contributed by atoms with Crippen LogP contribution in [0.1, 0.15) is 36.5 Å². The van der Waals surface area contributed by atoms with E-state index in [0.29, 0.717) is 36.7 Å². The van der Waals surface area contributed by atoms with E-state index in [1.807, 2.05) is 6.92 Å². The Kier molecular flexibility index (Phi) is 4.20. The van der Waals surface area contributed by atoms with E-state index in [2.05, 4.69) is 0 Å². The molecule has 0 saturated carbocycles. The van der Waals surface area contributed by atoms with Gasteiger partial charge >= 0.3 is 0 Å². The predicted octanol–water partition coefficient (Wildman–Crippen LogP) is 2.16. The van der Waals surface area contributed by atoms with Crippen LogP contribution >= 0.6 is 0 Å². The summed E-state index contributed by atoms with van der Waals surface area (Å²) in [7, 11) is 0. The molecule has 1 heterocycles. The molecule has 0 saturated heterocycles. The lowest BCUT2D eigenvalue weighted by Gasteiger charge is -2.18. The lowest BCUT2D eigenvalue weighted by Crippen LogP contribution is -2.16. The standard InChI is InChI=1S/C14H19NO3/c1-10(15)3-2-4-12(16)11-5-6-13-14(9-11)18-8-7-17-13/h5-6,9-10H,2-4,7-8,15H2,1H3. The second-order valence-corrected chi connectivity index (χ2v) is 4.65. The lowest BCUT2D eigenvalue weighted by molar-refractivity contribution is 0.0977. The summed E-state index contributed by atoms with van der Waals surface area (Å²) in [5.41, 5.74) is 6.34. The molecule has 1 unspecified atom stereocenters. The molecule has 1 aliphatic rings. The second kappa shape index (κ2) is 5.87. The van der Waals surface area contributed by atoms with Crippen LogP contribution in [0, 0.1) is 0 Å². The number of ether oxygens (including phenoxy) is 2. The largest absolute Gasteiger partial charge is 0.486 e. The Morgan fingerprint density at radius 1 is 1.33 bits per heavy atom. The van der Waals surface area contributed by atoms with E-state index in [0.717, 1.165) is 12.8 Å². The van der Waals surface area contributed by atoms with Crippen molar-refractivity contribution in [2.45, 2.75) is 32.2 Å². The van der Waals surface area contributed by atoms with Gasteiger partial charge in [-0.2, -0.15) is 0 Å². The van der Waals surface area contributed by atoms with Crippen molar-refractivity contribution in [3.8, 4) is 11.5 Å². The first-order valence-corrected chi connectivity index (χ1v) is 6.35. The first kappa shape index (κ1) is 12.9. The number of Topliss-reactive ketones (excluding diaryl/α,β-unsaturated/α-hetero) is 1. The van der Waals surface area contributed by atoms with Gasteiger partial charge in [0.25, 0.3) is 0 Å². The summed E-state index contributed by atoms with van der Waals surface area (Å²) in [6.45, 7) is 3.05. The normalized spacial score (nSPS) is 15.2. The molecule has 0 aromatic heterocycles. The van der Waals surface area contributed by atoms with Crippen molar-refractivity contribution in [3.05, 3.63) is 23.8 Å². The van der Waals surface area contributed by atoms with E-state index in [1.54, 1.807) is 18.2 Å². The fourth-order valence-corrected chi connectivity index (χ4v) is 1.95. The van der Waals surface area contributed by atoms with Crippen molar-refractivity contribution < 1.29 is 14.3 Å². The molecule has 0 radical (unpaired) electrons. The Morgan fingerprint density at radius 2 is 2.06 bits per heavy atom. The van der Waals surface area contributed by atoms with Crippen LogP contribution in [-0.4, -0.2) is 25.0 Å². The first-order valence-electron chi connectivity index (χ1n) is 6.35. The number of carbonyl (C=O) groups excluding carboxylic acids is 1. The van der Waals surface area contributed by atoms with Crippen LogP contribution in [0.3, 0.4) is 0 Å². The van der Waals surface area contributed by atoms with Crippen LogP contribution < -0.4 is 15.2 Å². The summed E-state index contributed by atoms with van der Waals surface area (Å²) in [6, 6.07) is 5.51. The molecule has 1 atom stereocenters. The topological polar surface area (TPSA) is 61.6 Å². The number of hydrogen-bond acceptors (Lipinski definition) is 4. The monoisotopic (exact) mass is 249 g/mol. The highest BCUT2D eigenvalue weighted by atomic mass is 16.6. The fraction of sp³-hybridized carbons (Fsp3) is 0.500. The summed E-state index contributed by atoms with van der Waals surface area (Å²) < 4.78 is 10.9. The lowest BCUT2D eigenvalue weighted by atomic mass is 10.0. The van der Waals surface area contributed by atoms with Gasteiger partial charge in [-0.25, -0.2) is 0 Å². The minimum atomic E-state index is 0.132. The molecule has 0 fully saturated rings. The average Bonchev–Trinajstić information content (AvgIpc) is 2.37. The van der Waals surface area contributed by atoms with Crippen LogP contribution in [0.4, 0.5) is 0 Å². The molecule has 4 heteroatoms. The number of benzene rings is 1.